The summed E-state index contributed by atoms with van der Waals surface area (Å²) in [6.45, 7) is 1.58. The van der Waals surface area contributed by atoms with Gasteiger partial charge in [-0.1, -0.05) is 60.7 Å². The molecule has 3 aromatic rings. The Balaban J connectivity index is 1.30. The van der Waals surface area contributed by atoms with Gasteiger partial charge in [-0.25, -0.2) is 0 Å². The third kappa shape index (κ3) is 3.62. The highest BCUT2D eigenvalue weighted by molar-refractivity contribution is 5.83. The molecule has 1 amide bonds. The number of hydrogen-bond acceptors (Lipinski definition) is 1. The van der Waals surface area contributed by atoms with Gasteiger partial charge in [0.1, 0.15) is 0 Å². The average Bonchev–Trinajstić information content (AvgIpc) is 3.66. The zero-order valence-corrected chi connectivity index (χ0v) is 16.1. The molecule has 0 N–H and O–H groups in total. The van der Waals surface area contributed by atoms with Gasteiger partial charge in [0.25, 0.3) is 0 Å². The van der Waals surface area contributed by atoms with Crippen LogP contribution in [-0.2, 0) is 17.9 Å². The fraction of sp³-hybridized carbons (Fsp3) is 0.320. The number of benzene rings is 2. The first-order valence-electron chi connectivity index (χ1n) is 10.3. The zero-order chi connectivity index (χ0) is 18.9. The molecule has 0 radical (unpaired) electrons. The molecule has 0 bridgehead atoms. The van der Waals surface area contributed by atoms with E-state index in [4.69, 9.17) is 0 Å². The summed E-state index contributed by atoms with van der Waals surface area (Å²) in [5.74, 6) is 0.926. The van der Waals surface area contributed by atoms with Crippen molar-refractivity contribution in [2.75, 3.05) is 0 Å². The molecule has 0 aliphatic heterocycles. The summed E-state index contributed by atoms with van der Waals surface area (Å²) >= 11 is 0. The van der Waals surface area contributed by atoms with Crippen molar-refractivity contribution in [1.82, 2.24) is 9.47 Å². The summed E-state index contributed by atoms with van der Waals surface area (Å²) in [6, 6.07) is 25.7. The fourth-order valence-corrected chi connectivity index (χ4v) is 4.22. The van der Waals surface area contributed by atoms with Crippen LogP contribution in [-0.4, -0.2) is 21.4 Å². The van der Waals surface area contributed by atoms with E-state index in [1.807, 2.05) is 12.1 Å². The smallest absolute Gasteiger partial charge is 0.226 e. The second-order valence-electron chi connectivity index (χ2n) is 8.17. The maximum atomic E-state index is 13.3. The normalized spacial score (nSPS) is 20.7. The summed E-state index contributed by atoms with van der Waals surface area (Å²) in [7, 11) is 0. The minimum absolute atomic E-state index is 0.167. The van der Waals surface area contributed by atoms with E-state index in [2.05, 4.69) is 76.3 Å². The number of hydrogen-bond donors (Lipinski definition) is 0. The van der Waals surface area contributed by atoms with E-state index in [0.717, 1.165) is 32.4 Å². The van der Waals surface area contributed by atoms with Crippen LogP contribution in [0.5, 0.6) is 0 Å². The molecule has 2 aliphatic carbocycles. The van der Waals surface area contributed by atoms with Crippen molar-refractivity contribution in [1.29, 1.82) is 0 Å². The van der Waals surface area contributed by atoms with Crippen molar-refractivity contribution in [3.8, 4) is 0 Å². The number of carbonyl (C=O) groups is 1. The van der Waals surface area contributed by atoms with Crippen LogP contribution < -0.4 is 0 Å². The fourth-order valence-electron chi connectivity index (χ4n) is 4.22. The Morgan fingerprint density at radius 3 is 2.36 bits per heavy atom. The molecule has 2 fully saturated rings. The van der Waals surface area contributed by atoms with Crippen molar-refractivity contribution >= 4 is 5.91 Å². The van der Waals surface area contributed by atoms with Crippen molar-refractivity contribution in [2.24, 2.45) is 5.92 Å². The Labute approximate surface area is 166 Å². The summed E-state index contributed by atoms with van der Waals surface area (Å²) in [5, 5.41) is 0. The summed E-state index contributed by atoms with van der Waals surface area (Å²) < 4.78 is 2.28. The number of carbonyl (C=O) groups excluding carboxylic acids is 1. The maximum absolute atomic E-state index is 13.3. The van der Waals surface area contributed by atoms with Crippen LogP contribution in [0.4, 0.5) is 0 Å². The first kappa shape index (κ1) is 17.3. The molecule has 0 saturated heterocycles. The number of amides is 1. The van der Waals surface area contributed by atoms with Gasteiger partial charge in [0.2, 0.25) is 5.91 Å². The number of aromatic nitrogens is 1. The minimum atomic E-state index is 0.167. The third-order valence-electron chi connectivity index (χ3n) is 6.06. The topological polar surface area (TPSA) is 25.2 Å². The molecule has 28 heavy (non-hydrogen) atoms. The average molecular weight is 370 g/mol. The Bertz CT molecular complexity index is 943. The van der Waals surface area contributed by atoms with Crippen LogP contribution in [0.1, 0.15) is 42.0 Å². The monoisotopic (exact) mass is 370 g/mol. The molecule has 5 rings (SSSR count). The molecule has 2 atom stereocenters. The zero-order valence-electron chi connectivity index (χ0n) is 16.1. The molecule has 2 saturated carbocycles. The van der Waals surface area contributed by atoms with Gasteiger partial charge in [-0.15, -0.1) is 0 Å². The molecule has 1 aromatic heterocycles. The quantitative estimate of drug-likeness (QED) is 0.585. The van der Waals surface area contributed by atoms with Crippen molar-refractivity contribution in [3.63, 3.8) is 0 Å². The maximum Gasteiger partial charge on any atom is 0.226 e. The predicted molar refractivity (Wildman–Crippen MR) is 111 cm³/mol. The summed E-state index contributed by atoms with van der Waals surface area (Å²) in [5.41, 5.74) is 3.82. The van der Waals surface area contributed by atoms with Gasteiger partial charge in [-0.3, -0.25) is 4.79 Å². The minimum Gasteiger partial charge on any atom is -0.345 e. The third-order valence-corrected chi connectivity index (χ3v) is 6.06. The van der Waals surface area contributed by atoms with Crippen LogP contribution in [0.3, 0.4) is 0 Å². The highest BCUT2D eigenvalue weighted by Crippen LogP contribution is 2.49. The summed E-state index contributed by atoms with van der Waals surface area (Å²) in [6.07, 6.45) is 5.42. The molecular weight excluding hydrogens is 344 g/mol. The number of nitrogens with zero attached hydrogens (tertiary/aromatic N) is 2. The molecule has 2 aliphatic rings. The van der Waals surface area contributed by atoms with Crippen LogP contribution in [0.2, 0.25) is 0 Å². The lowest BCUT2D eigenvalue weighted by molar-refractivity contribution is -0.134. The first-order chi connectivity index (χ1) is 13.8. The van der Waals surface area contributed by atoms with Crippen molar-refractivity contribution in [3.05, 3.63) is 95.8 Å². The second kappa shape index (κ2) is 7.31. The largest absolute Gasteiger partial charge is 0.345 e. The second-order valence-corrected chi connectivity index (χ2v) is 8.17. The van der Waals surface area contributed by atoms with Gasteiger partial charge in [0.15, 0.2) is 0 Å². The lowest BCUT2D eigenvalue weighted by Crippen LogP contribution is -2.34. The summed E-state index contributed by atoms with van der Waals surface area (Å²) in [4.78, 5) is 15.4. The van der Waals surface area contributed by atoms with Gasteiger partial charge < -0.3 is 9.47 Å². The molecule has 1 heterocycles. The van der Waals surface area contributed by atoms with E-state index >= 15 is 0 Å². The van der Waals surface area contributed by atoms with Gasteiger partial charge in [0.05, 0.1) is 6.54 Å². The van der Waals surface area contributed by atoms with Crippen molar-refractivity contribution < 1.29 is 4.79 Å². The van der Waals surface area contributed by atoms with E-state index < -0.39 is 0 Å². The Morgan fingerprint density at radius 2 is 1.64 bits per heavy atom. The van der Waals surface area contributed by atoms with E-state index in [0.29, 0.717) is 17.9 Å². The first-order valence-corrected chi connectivity index (χ1v) is 10.3. The highest BCUT2D eigenvalue weighted by atomic mass is 16.2. The van der Waals surface area contributed by atoms with Gasteiger partial charge in [-0.2, -0.15) is 0 Å². The lowest BCUT2D eigenvalue weighted by atomic mass is 10.1. The van der Waals surface area contributed by atoms with E-state index in [-0.39, 0.29) is 5.92 Å². The molecule has 0 spiro atoms. The van der Waals surface area contributed by atoms with Gasteiger partial charge in [0, 0.05) is 30.4 Å². The van der Waals surface area contributed by atoms with E-state index in [1.54, 1.807) is 0 Å². The van der Waals surface area contributed by atoms with Gasteiger partial charge in [-0.05, 0) is 48.4 Å². The highest BCUT2D eigenvalue weighted by Gasteiger charge is 2.48. The van der Waals surface area contributed by atoms with Crippen molar-refractivity contribution in [2.45, 2.75) is 44.3 Å². The number of rotatable bonds is 7. The van der Waals surface area contributed by atoms with Crippen LogP contribution in [0.15, 0.2) is 79.0 Å². The van der Waals surface area contributed by atoms with E-state index in [9.17, 15) is 4.79 Å². The standard InChI is InChI=1S/C25H26N2O/c28-25(24-16-23(24)20-10-5-2-6-11-20)27(21-13-14-21)18-22-12-7-15-26(22)17-19-8-3-1-4-9-19/h1-12,15,21,23-24H,13-14,16-18H2/t23-,24+/m1/s1. The molecule has 142 valence electrons. The Hall–Kier alpha value is -2.81. The molecule has 2 aromatic carbocycles. The lowest BCUT2D eigenvalue weighted by Gasteiger charge is -2.24. The van der Waals surface area contributed by atoms with Crippen LogP contribution in [0, 0.1) is 5.92 Å². The Morgan fingerprint density at radius 1 is 0.929 bits per heavy atom. The van der Waals surface area contributed by atoms with Crippen LogP contribution >= 0.6 is 0 Å². The Kier molecular flexibility index (Phi) is 4.52. The SMILES string of the molecule is O=C([C@H]1C[C@@H]1c1ccccc1)N(Cc1cccn1Cc1ccccc1)C1CC1. The van der Waals surface area contributed by atoms with E-state index in [1.165, 1.54) is 16.8 Å². The molecule has 0 unspecified atom stereocenters. The van der Waals surface area contributed by atoms with Gasteiger partial charge >= 0.3 is 0 Å². The van der Waals surface area contributed by atoms with Crippen LogP contribution in [0.25, 0.3) is 0 Å². The molecule has 3 nitrogen and oxygen atoms in total. The molecular formula is C25H26N2O. The molecule has 3 heteroatoms. The predicted octanol–water partition coefficient (Wildman–Crippen LogP) is 4.83.